The molecule has 0 aromatic carbocycles. The van der Waals surface area contributed by atoms with E-state index in [9.17, 15) is 0 Å². The fourth-order valence-corrected chi connectivity index (χ4v) is 1.03. The topological polar surface area (TPSA) is 38.4 Å². The van der Waals surface area contributed by atoms with Crippen molar-refractivity contribution in [3.63, 3.8) is 0 Å². The predicted octanol–water partition coefficient (Wildman–Crippen LogP) is 1.99. The van der Waals surface area contributed by atoms with Crippen molar-refractivity contribution in [2.24, 2.45) is 10.7 Å². The molecule has 0 saturated carbocycles. The Hall–Kier alpha value is -1.05. The van der Waals surface area contributed by atoms with Crippen LogP contribution in [0.25, 0.3) is 0 Å². The summed E-state index contributed by atoms with van der Waals surface area (Å²) in [4.78, 5) is 4.30. The Kier molecular flexibility index (Phi) is 2.47. The normalized spacial score (nSPS) is 16.9. The Morgan fingerprint density at radius 3 is 2.55 bits per heavy atom. The van der Waals surface area contributed by atoms with E-state index in [1.807, 2.05) is 19.9 Å². The smallest absolute Gasteiger partial charge is 0.0815 e. The fourth-order valence-electron chi connectivity index (χ4n) is 1.03. The molecule has 0 unspecified atom stereocenters. The lowest BCUT2D eigenvalue weighted by molar-refractivity contribution is 0.973. The molecule has 0 aromatic rings. The minimum Gasteiger partial charge on any atom is -0.397 e. The minimum absolute atomic E-state index is 0.817. The first-order valence-corrected chi connectivity index (χ1v) is 3.88. The van der Waals surface area contributed by atoms with Gasteiger partial charge in [0.25, 0.3) is 0 Å². The van der Waals surface area contributed by atoms with Crippen LogP contribution in [0.5, 0.6) is 0 Å². The summed E-state index contributed by atoms with van der Waals surface area (Å²) in [5.41, 5.74) is 8.52. The molecule has 2 nitrogen and oxygen atoms in total. The maximum Gasteiger partial charge on any atom is 0.0815 e. The number of aliphatic imine (C=N–C) groups is 1. The molecule has 0 bridgehead atoms. The molecule has 2 N–H and O–H groups in total. The number of allylic oxidation sites excluding steroid dienone is 2. The van der Waals surface area contributed by atoms with E-state index in [4.69, 9.17) is 5.73 Å². The largest absolute Gasteiger partial charge is 0.397 e. The van der Waals surface area contributed by atoms with E-state index in [-0.39, 0.29) is 0 Å². The Morgan fingerprint density at radius 1 is 1.36 bits per heavy atom. The van der Waals surface area contributed by atoms with E-state index in [2.05, 4.69) is 11.1 Å². The average Bonchev–Trinajstić information content (AvgIpc) is 1.93. The van der Waals surface area contributed by atoms with Gasteiger partial charge in [0.1, 0.15) is 0 Å². The molecule has 0 saturated heterocycles. The van der Waals surface area contributed by atoms with Crippen molar-refractivity contribution < 1.29 is 0 Å². The molecule has 1 aliphatic rings. The fraction of sp³-hybridized carbons (Fsp3) is 0.444. The van der Waals surface area contributed by atoms with Crippen LogP contribution in [0.15, 0.2) is 28.5 Å². The van der Waals surface area contributed by atoms with E-state index in [0.717, 1.165) is 29.9 Å². The highest BCUT2D eigenvalue weighted by Gasteiger charge is 2.02. The second-order valence-electron chi connectivity index (χ2n) is 2.89. The summed E-state index contributed by atoms with van der Waals surface area (Å²) >= 11 is 0. The summed E-state index contributed by atoms with van der Waals surface area (Å²) in [5, 5.41) is 0. The van der Waals surface area contributed by atoms with Gasteiger partial charge in [-0.15, -0.1) is 0 Å². The summed E-state index contributed by atoms with van der Waals surface area (Å²) in [6, 6.07) is 0. The van der Waals surface area contributed by atoms with Gasteiger partial charge in [0.2, 0.25) is 0 Å². The predicted molar refractivity (Wildman–Crippen MR) is 48.4 cm³/mol. The lowest BCUT2D eigenvalue weighted by Crippen LogP contribution is -2.03. The molecule has 0 amide bonds. The second kappa shape index (κ2) is 3.37. The first-order valence-electron chi connectivity index (χ1n) is 3.88. The average molecular weight is 150 g/mol. The van der Waals surface area contributed by atoms with E-state index >= 15 is 0 Å². The van der Waals surface area contributed by atoms with Crippen molar-refractivity contribution >= 4 is 5.71 Å². The van der Waals surface area contributed by atoms with Crippen molar-refractivity contribution in [2.45, 2.75) is 26.7 Å². The maximum absolute atomic E-state index is 5.71. The third-order valence-corrected chi connectivity index (χ3v) is 1.51. The zero-order valence-corrected chi connectivity index (χ0v) is 7.09. The van der Waals surface area contributed by atoms with E-state index < -0.39 is 0 Å². The van der Waals surface area contributed by atoms with Gasteiger partial charge in [-0.3, -0.25) is 4.99 Å². The van der Waals surface area contributed by atoms with Crippen LogP contribution in [-0.4, -0.2) is 5.71 Å². The Morgan fingerprint density at radius 2 is 2.00 bits per heavy atom. The highest BCUT2D eigenvalue weighted by atomic mass is 14.8. The molecule has 0 aromatic heterocycles. The van der Waals surface area contributed by atoms with Crippen molar-refractivity contribution in [3.8, 4) is 0 Å². The van der Waals surface area contributed by atoms with Crippen LogP contribution in [0.2, 0.25) is 0 Å². The highest BCUT2D eigenvalue weighted by Crippen LogP contribution is 2.15. The monoisotopic (exact) mass is 150 g/mol. The molecule has 0 atom stereocenters. The van der Waals surface area contributed by atoms with E-state index in [1.54, 1.807) is 0 Å². The molecule has 60 valence electrons. The molecule has 0 radical (unpaired) electrons. The van der Waals surface area contributed by atoms with Gasteiger partial charge in [-0.05, 0) is 26.7 Å². The molecular formula is C9H14N2. The second-order valence-corrected chi connectivity index (χ2v) is 2.89. The van der Waals surface area contributed by atoms with Crippen LogP contribution < -0.4 is 5.73 Å². The third-order valence-electron chi connectivity index (χ3n) is 1.51. The van der Waals surface area contributed by atoms with Gasteiger partial charge in [0, 0.05) is 5.71 Å². The minimum atomic E-state index is 0.817. The Balaban J connectivity index is 2.79. The summed E-state index contributed by atoms with van der Waals surface area (Å²) in [5.74, 6) is 0. The number of hydrogen-bond acceptors (Lipinski definition) is 2. The van der Waals surface area contributed by atoms with Gasteiger partial charge >= 0.3 is 0 Å². The lowest BCUT2D eigenvalue weighted by atomic mass is 10.1. The van der Waals surface area contributed by atoms with Crippen LogP contribution in [-0.2, 0) is 0 Å². The van der Waals surface area contributed by atoms with Crippen LogP contribution in [0.1, 0.15) is 26.7 Å². The van der Waals surface area contributed by atoms with Crippen LogP contribution in [0.3, 0.4) is 0 Å². The van der Waals surface area contributed by atoms with E-state index in [1.165, 1.54) is 0 Å². The first-order chi connectivity index (χ1) is 5.20. The standard InChI is InChI=1S/C9H14N2/c1-7(2)11-9-6-4-3-5-8(9)10/h5-6H,3-4,10H2,1-2H3. The number of hydrogen-bond donors (Lipinski definition) is 1. The molecule has 0 spiro atoms. The van der Waals surface area contributed by atoms with Crippen LogP contribution in [0.4, 0.5) is 0 Å². The number of nitrogens with two attached hydrogens (primary N) is 1. The lowest BCUT2D eigenvalue weighted by Gasteiger charge is -2.07. The summed E-state index contributed by atoms with van der Waals surface area (Å²) in [6.45, 7) is 3.95. The SMILES string of the molecule is CC(C)=NC1=CCCC=C1N. The zero-order valence-electron chi connectivity index (χ0n) is 7.09. The summed E-state index contributed by atoms with van der Waals surface area (Å²) in [6.07, 6.45) is 6.23. The molecule has 1 rings (SSSR count). The quantitative estimate of drug-likeness (QED) is 0.570. The molecule has 0 heterocycles. The van der Waals surface area contributed by atoms with Gasteiger partial charge < -0.3 is 5.73 Å². The van der Waals surface area contributed by atoms with Gasteiger partial charge in [-0.1, -0.05) is 12.2 Å². The van der Waals surface area contributed by atoms with Crippen molar-refractivity contribution in [3.05, 3.63) is 23.5 Å². The van der Waals surface area contributed by atoms with E-state index in [0.29, 0.717) is 0 Å². The zero-order chi connectivity index (χ0) is 8.27. The Labute approximate surface area is 67.5 Å². The number of rotatable bonds is 1. The van der Waals surface area contributed by atoms with Crippen molar-refractivity contribution in [2.75, 3.05) is 0 Å². The molecule has 0 aliphatic heterocycles. The summed E-state index contributed by atoms with van der Waals surface area (Å²) in [7, 11) is 0. The van der Waals surface area contributed by atoms with Gasteiger partial charge in [-0.25, -0.2) is 0 Å². The van der Waals surface area contributed by atoms with Crippen LogP contribution >= 0.6 is 0 Å². The maximum atomic E-state index is 5.71. The highest BCUT2D eigenvalue weighted by molar-refractivity contribution is 5.80. The molecule has 11 heavy (non-hydrogen) atoms. The van der Waals surface area contributed by atoms with Crippen molar-refractivity contribution in [1.29, 1.82) is 0 Å². The summed E-state index contributed by atoms with van der Waals surface area (Å²) < 4.78 is 0. The molecule has 0 fully saturated rings. The van der Waals surface area contributed by atoms with Gasteiger partial charge in [-0.2, -0.15) is 0 Å². The molecular weight excluding hydrogens is 136 g/mol. The van der Waals surface area contributed by atoms with Gasteiger partial charge in [0.05, 0.1) is 11.4 Å². The molecule has 1 aliphatic carbocycles. The number of nitrogens with zero attached hydrogens (tertiary/aromatic N) is 1. The van der Waals surface area contributed by atoms with Crippen molar-refractivity contribution in [1.82, 2.24) is 0 Å². The Bertz CT molecular complexity index is 230. The molecule has 2 heteroatoms. The first kappa shape index (κ1) is 8.05. The third kappa shape index (κ3) is 2.22. The van der Waals surface area contributed by atoms with Crippen LogP contribution in [0, 0.1) is 0 Å². The van der Waals surface area contributed by atoms with Gasteiger partial charge in [0.15, 0.2) is 0 Å².